The van der Waals surface area contributed by atoms with Crippen molar-refractivity contribution in [3.8, 4) is 11.7 Å². The Morgan fingerprint density at radius 2 is 1.95 bits per heavy atom. The van der Waals surface area contributed by atoms with Gasteiger partial charge in [-0.25, -0.2) is 22.8 Å². The van der Waals surface area contributed by atoms with Crippen molar-refractivity contribution in [1.29, 1.82) is 0 Å². The van der Waals surface area contributed by atoms with Crippen LogP contribution in [-0.2, 0) is 17.1 Å². The van der Waals surface area contributed by atoms with E-state index < -0.39 is 15.9 Å². The Bertz CT molecular complexity index is 1560. The molecular weight excluding hydrogens is 550 g/mol. The Balaban J connectivity index is 0.00000323. The lowest BCUT2D eigenvalue weighted by molar-refractivity contribution is 0.0981. The van der Waals surface area contributed by atoms with Crippen molar-refractivity contribution < 1.29 is 17.9 Å². The van der Waals surface area contributed by atoms with Gasteiger partial charge in [-0.05, 0) is 75.8 Å². The molecule has 216 valence electrons. The van der Waals surface area contributed by atoms with Crippen LogP contribution in [0, 0.1) is 24.2 Å². The first kappa shape index (κ1) is 28.5. The van der Waals surface area contributed by atoms with Crippen molar-refractivity contribution in [1.82, 2.24) is 29.3 Å². The van der Waals surface area contributed by atoms with Gasteiger partial charge >= 0.3 is 0 Å². The molecule has 11 nitrogen and oxygen atoms in total. The quantitative estimate of drug-likeness (QED) is 0.426. The number of rotatable bonds is 8. The molecule has 2 atom stereocenters. The number of aromatic nitrogens is 5. The molecule has 6 rings (SSSR count). The molecule has 1 spiro atoms. The third-order valence-corrected chi connectivity index (χ3v) is 10.1. The van der Waals surface area contributed by atoms with E-state index in [1.54, 1.807) is 37.0 Å². The second-order valence-electron chi connectivity index (χ2n) is 12.1. The number of amides is 1. The monoisotopic (exact) mass is 587 g/mol. The van der Waals surface area contributed by atoms with Gasteiger partial charge in [0.25, 0.3) is 15.9 Å². The van der Waals surface area contributed by atoms with Crippen molar-refractivity contribution in [3.05, 3.63) is 41.9 Å². The van der Waals surface area contributed by atoms with E-state index in [4.69, 9.17) is 9.72 Å². The summed E-state index contributed by atoms with van der Waals surface area (Å²) in [7, 11) is -2.48. The molecule has 2 aliphatic carbocycles. The zero-order chi connectivity index (χ0) is 27.7. The first-order chi connectivity index (χ1) is 18.4. The van der Waals surface area contributed by atoms with Gasteiger partial charge in [0.15, 0.2) is 5.82 Å². The zero-order valence-corrected chi connectivity index (χ0v) is 25.3. The van der Waals surface area contributed by atoms with Gasteiger partial charge in [0, 0.05) is 31.4 Å². The highest BCUT2D eigenvalue weighted by molar-refractivity contribution is 7.90. The van der Waals surface area contributed by atoms with E-state index >= 15 is 0 Å². The molecule has 3 aliphatic rings. The molecule has 13 heteroatoms. The zero-order valence-electron chi connectivity index (χ0n) is 23.5. The summed E-state index contributed by atoms with van der Waals surface area (Å²) in [6.45, 7) is 9.37. The van der Waals surface area contributed by atoms with Crippen molar-refractivity contribution in [2.24, 2.45) is 24.3 Å². The summed E-state index contributed by atoms with van der Waals surface area (Å²) in [6, 6.07) is 5.10. The van der Waals surface area contributed by atoms with Gasteiger partial charge in [0.05, 0.1) is 24.1 Å². The van der Waals surface area contributed by atoms with E-state index in [1.165, 1.54) is 30.1 Å². The molecule has 0 aromatic carbocycles. The Labute approximate surface area is 241 Å². The van der Waals surface area contributed by atoms with Crippen LogP contribution in [0.15, 0.2) is 35.5 Å². The van der Waals surface area contributed by atoms with Crippen LogP contribution in [0.5, 0.6) is 5.88 Å². The summed E-state index contributed by atoms with van der Waals surface area (Å²) in [5, 5.41) is 8.56. The summed E-state index contributed by atoms with van der Waals surface area (Å²) in [5.74, 6) is 1.75. The highest BCUT2D eigenvalue weighted by Crippen LogP contribution is 2.70. The highest BCUT2D eigenvalue weighted by Gasteiger charge is 2.62. The van der Waals surface area contributed by atoms with Crippen molar-refractivity contribution in [2.45, 2.75) is 63.8 Å². The van der Waals surface area contributed by atoms with Crippen molar-refractivity contribution >= 4 is 35.2 Å². The number of aryl methyl sites for hydroxylation is 1. The molecule has 3 fully saturated rings. The number of nitrogens with zero attached hydrogens (tertiary/aromatic N) is 6. The van der Waals surface area contributed by atoms with E-state index in [2.05, 4.69) is 40.6 Å². The Morgan fingerprint density at radius 3 is 2.55 bits per heavy atom. The molecule has 1 aliphatic heterocycles. The van der Waals surface area contributed by atoms with E-state index in [-0.39, 0.29) is 29.5 Å². The lowest BCUT2D eigenvalue weighted by Gasteiger charge is -2.34. The van der Waals surface area contributed by atoms with Crippen LogP contribution in [0.3, 0.4) is 0 Å². The van der Waals surface area contributed by atoms with Gasteiger partial charge in [0.1, 0.15) is 10.7 Å². The first-order valence-electron chi connectivity index (χ1n) is 13.4. The SMILES string of the molecule is Cc1c(S(=O)(=O)NC(=O)c2ccc(-n3ccc(OCC4CC45CC5)n3)nc2N2C[C@@H](C)CC2(C)C)cnn1C.S. The van der Waals surface area contributed by atoms with Crippen LogP contribution in [0.25, 0.3) is 5.82 Å². The highest BCUT2D eigenvalue weighted by atomic mass is 32.2. The Morgan fingerprint density at radius 1 is 1.20 bits per heavy atom. The summed E-state index contributed by atoms with van der Waals surface area (Å²) in [4.78, 5) is 20.4. The van der Waals surface area contributed by atoms with Gasteiger partial charge in [-0.2, -0.15) is 18.6 Å². The third kappa shape index (κ3) is 5.09. The first-order valence-corrected chi connectivity index (χ1v) is 14.9. The van der Waals surface area contributed by atoms with E-state index in [9.17, 15) is 13.2 Å². The normalized spacial score (nSPS) is 22.2. The number of hydrogen-bond acceptors (Lipinski definition) is 8. The number of pyridine rings is 1. The lowest BCUT2D eigenvalue weighted by Crippen LogP contribution is -2.41. The standard InChI is InChI=1S/C27H35N7O4S.H2S/c1-17-12-26(3,4)33(15-17)24-20(25(35)31-39(36,37)21-14-28-32(5)18(21)2)6-7-22(29-24)34-11-8-23(30-34)38-16-19-13-27(19)9-10-27;/h6-8,11,14,17,19H,9-10,12-13,15-16H2,1-5H3,(H,31,35);1H2/t17-,19?;/m0./s1. The molecule has 0 bridgehead atoms. The molecule has 2 saturated carbocycles. The molecule has 3 aromatic heterocycles. The molecule has 4 heterocycles. The molecule has 3 aromatic rings. The molecule has 40 heavy (non-hydrogen) atoms. The molecule has 1 unspecified atom stereocenters. The minimum Gasteiger partial charge on any atom is -0.476 e. The average molecular weight is 588 g/mol. The predicted molar refractivity (Wildman–Crippen MR) is 155 cm³/mol. The second-order valence-corrected chi connectivity index (χ2v) is 13.7. The maximum absolute atomic E-state index is 13.5. The van der Waals surface area contributed by atoms with Crippen LogP contribution in [-0.4, -0.2) is 57.6 Å². The smallest absolute Gasteiger partial charge is 0.268 e. The molecule has 1 saturated heterocycles. The lowest BCUT2D eigenvalue weighted by atomic mass is 9.97. The number of ether oxygens (including phenoxy) is 1. The van der Waals surface area contributed by atoms with Crippen LogP contribution in [0.1, 0.15) is 62.5 Å². The predicted octanol–water partition coefficient (Wildman–Crippen LogP) is 3.34. The van der Waals surface area contributed by atoms with Gasteiger partial charge in [-0.3, -0.25) is 9.48 Å². The van der Waals surface area contributed by atoms with Gasteiger partial charge < -0.3 is 9.64 Å². The largest absolute Gasteiger partial charge is 0.476 e. The van der Waals surface area contributed by atoms with E-state index in [0.29, 0.717) is 53.6 Å². The summed E-state index contributed by atoms with van der Waals surface area (Å²) < 4.78 is 37.4. The maximum atomic E-state index is 13.5. The van der Waals surface area contributed by atoms with Crippen LogP contribution in [0.2, 0.25) is 0 Å². The number of anilines is 1. The van der Waals surface area contributed by atoms with E-state index in [1.807, 2.05) is 6.07 Å². The molecular formula is C27H37N7O4S2. The number of sulfonamides is 1. The Hall–Kier alpha value is -3.06. The van der Waals surface area contributed by atoms with Gasteiger partial charge in [-0.1, -0.05) is 6.92 Å². The Kier molecular flexibility index (Phi) is 6.97. The topological polar surface area (TPSA) is 124 Å². The van der Waals surface area contributed by atoms with Crippen molar-refractivity contribution in [3.63, 3.8) is 0 Å². The maximum Gasteiger partial charge on any atom is 0.268 e. The minimum atomic E-state index is -4.13. The van der Waals surface area contributed by atoms with Crippen molar-refractivity contribution in [2.75, 3.05) is 18.1 Å². The summed E-state index contributed by atoms with van der Waals surface area (Å²) >= 11 is 0. The molecule has 1 N–H and O–H groups in total. The number of carbonyl (C=O) groups excluding carboxylic acids is 1. The van der Waals surface area contributed by atoms with E-state index in [0.717, 1.165) is 6.42 Å². The molecule has 1 amide bonds. The van der Waals surface area contributed by atoms with Crippen LogP contribution in [0.4, 0.5) is 5.82 Å². The summed E-state index contributed by atoms with van der Waals surface area (Å²) in [6.07, 6.45) is 7.82. The van der Waals surface area contributed by atoms with Gasteiger partial charge in [0.2, 0.25) is 5.88 Å². The number of nitrogens with one attached hydrogen (secondary N) is 1. The number of hydrogen-bond donors (Lipinski definition) is 1. The second kappa shape index (κ2) is 9.79. The molecule has 0 radical (unpaired) electrons. The fourth-order valence-corrected chi connectivity index (χ4v) is 7.19. The third-order valence-electron chi connectivity index (χ3n) is 8.62. The summed E-state index contributed by atoms with van der Waals surface area (Å²) in [5.41, 5.74) is 0.904. The number of carbonyl (C=O) groups is 1. The fourth-order valence-electron chi connectivity index (χ4n) is 6.02. The fraction of sp³-hybridized carbons (Fsp3) is 0.556. The minimum absolute atomic E-state index is 0. The average Bonchev–Trinajstić information content (AvgIpc) is 3.63. The van der Waals surface area contributed by atoms with Crippen LogP contribution >= 0.6 is 13.5 Å². The van der Waals surface area contributed by atoms with Crippen LogP contribution < -0.4 is 14.4 Å². The van der Waals surface area contributed by atoms with Gasteiger partial charge in [-0.15, -0.1) is 5.10 Å².